The summed E-state index contributed by atoms with van der Waals surface area (Å²) in [7, 11) is 0. The Morgan fingerprint density at radius 1 is 1.17 bits per heavy atom. The molecule has 2 heterocycles. The summed E-state index contributed by atoms with van der Waals surface area (Å²) in [6, 6.07) is 0. The first-order valence-corrected chi connectivity index (χ1v) is 4.54. The van der Waals surface area contributed by atoms with Crippen LogP contribution in [0.2, 0.25) is 5.02 Å². The van der Waals surface area contributed by atoms with Gasteiger partial charge in [0.1, 0.15) is 5.69 Å². The third kappa shape index (κ3) is 1.44. The molecule has 2 aromatic rings. The monoisotopic (exact) mass is 197 g/mol. The molecular formula is C7H4ClN3S. The molecule has 0 aliphatic heterocycles. The Balaban J connectivity index is 2.43. The molecule has 0 fully saturated rings. The molecule has 0 unspecified atom stereocenters. The summed E-state index contributed by atoms with van der Waals surface area (Å²) < 4.78 is 0. The second kappa shape index (κ2) is 3.16. The highest BCUT2D eigenvalue weighted by molar-refractivity contribution is 7.07. The van der Waals surface area contributed by atoms with Crippen LogP contribution in [-0.2, 0) is 0 Å². The van der Waals surface area contributed by atoms with Crippen LogP contribution in [0.1, 0.15) is 0 Å². The lowest BCUT2D eigenvalue weighted by Crippen LogP contribution is -1.86. The minimum absolute atomic E-state index is 0.536. The Morgan fingerprint density at radius 2 is 1.92 bits per heavy atom. The second-order valence-electron chi connectivity index (χ2n) is 2.10. The molecule has 0 aliphatic carbocycles. The zero-order valence-corrected chi connectivity index (χ0v) is 7.51. The minimum atomic E-state index is 0.536. The fourth-order valence-electron chi connectivity index (χ4n) is 0.768. The van der Waals surface area contributed by atoms with Gasteiger partial charge in [0.25, 0.3) is 0 Å². The molecule has 2 aromatic heterocycles. The van der Waals surface area contributed by atoms with Gasteiger partial charge in [0.2, 0.25) is 0 Å². The van der Waals surface area contributed by atoms with Crippen molar-refractivity contribution < 1.29 is 0 Å². The van der Waals surface area contributed by atoms with Gasteiger partial charge in [-0.05, 0) is 0 Å². The van der Waals surface area contributed by atoms with E-state index in [0.29, 0.717) is 10.8 Å². The molecule has 0 saturated carbocycles. The molecule has 0 N–H and O–H groups in total. The van der Waals surface area contributed by atoms with E-state index < -0.39 is 0 Å². The molecule has 60 valence electrons. The zero-order chi connectivity index (χ0) is 8.39. The van der Waals surface area contributed by atoms with Crippen LogP contribution >= 0.6 is 22.9 Å². The lowest BCUT2D eigenvalue weighted by Gasteiger charge is -1.92. The third-order valence-electron chi connectivity index (χ3n) is 1.28. The van der Waals surface area contributed by atoms with E-state index in [2.05, 4.69) is 15.0 Å². The van der Waals surface area contributed by atoms with E-state index in [-0.39, 0.29) is 0 Å². The lowest BCUT2D eigenvalue weighted by molar-refractivity contribution is 1.15. The van der Waals surface area contributed by atoms with Gasteiger partial charge in [0.05, 0.1) is 10.5 Å². The van der Waals surface area contributed by atoms with Crippen molar-refractivity contribution in [3.05, 3.63) is 28.3 Å². The summed E-state index contributed by atoms with van der Waals surface area (Å²) >= 11 is 7.14. The topological polar surface area (TPSA) is 38.7 Å². The van der Waals surface area contributed by atoms with Crippen LogP contribution < -0.4 is 0 Å². The normalized spacial score (nSPS) is 10.1. The van der Waals surface area contributed by atoms with Crippen molar-refractivity contribution in [3.8, 4) is 11.5 Å². The van der Waals surface area contributed by atoms with E-state index in [1.807, 2.05) is 5.38 Å². The highest BCUT2D eigenvalue weighted by Crippen LogP contribution is 2.14. The quantitative estimate of drug-likeness (QED) is 0.704. The summed E-state index contributed by atoms with van der Waals surface area (Å²) in [5.41, 5.74) is 2.53. The number of aromatic nitrogens is 3. The molecule has 0 atom stereocenters. The van der Waals surface area contributed by atoms with Crippen LogP contribution in [0.15, 0.2) is 23.3 Å². The number of thiazole rings is 1. The van der Waals surface area contributed by atoms with E-state index in [1.54, 1.807) is 17.9 Å². The summed E-state index contributed by atoms with van der Waals surface area (Å²) in [4.78, 5) is 12.1. The predicted octanol–water partition coefficient (Wildman–Crippen LogP) is 2.25. The molecule has 5 heteroatoms. The Bertz CT molecular complexity index is 357. The smallest absolute Gasteiger partial charge is 0.179 e. The van der Waals surface area contributed by atoms with Gasteiger partial charge in [-0.1, -0.05) is 11.6 Å². The van der Waals surface area contributed by atoms with Crippen LogP contribution in [0, 0.1) is 0 Å². The molecule has 0 amide bonds. The van der Waals surface area contributed by atoms with Crippen molar-refractivity contribution in [2.24, 2.45) is 0 Å². The highest BCUT2D eigenvalue weighted by atomic mass is 35.5. The second-order valence-corrected chi connectivity index (χ2v) is 3.25. The van der Waals surface area contributed by atoms with Gasteiger partial charge in [0, 0.05) is 17.8 Å². The van der Waals surface area contributed by atoms with Crippen LogP contribution in [0.3, 0.4) is 0 Å². The summed E-state index contributed by atoms with van der Waals surface area (Å²) in [6.07, 6.45) is 3.12. The van der Waals surface area contributed by atoms with Gasteiger partial charge >= 0.3 is 0 Å². The van der Waals surface area contributed by atoms with Crippen LogP contribution in [0.5, 0.6) is 0 Å². The molecule has 12 heavy (non-hydrogen) atoms. The predicted molar refractivity (Wildman–Crippen MR) is 48.2 cm³/mol. The number of hydrogen-bond acceptors (Lipinski definition) is 4. The minimum Gasteiger partial charge on any atom is -0.241 e. The van der Waals surface area contributed by atoms with Crippen molar-refractivity contribution in [1.82, 2.24) is 15.0 Å². The Hall–Kier alpha value is -1.00. The van der Waals surface area contributed by atoms with Crippen molar-refractivity contribution >= 4 is 22.9 Å². The van der Waals surface area contributed by atoms with E-state index in [1.165, 1.54) is 11.3 Å². The third-order valence-corrected chi connectivity index (χ3v) is 2.06. The maximum absolute atomic E-state index is 5.63. The van der Waals surface area contributed by atoms with Crippen LogP contribution in [0.25, 0.3) is 11.5 Å². The molecule has 2 rings (SSSR count). The molecule has 0 aliphatic rings. The molecule has 0 aromatic carbocycles. The average Bonchev–Trinajstić information content (AvgIpc) is 2.58. The molecule has 0 radical (unpaired) electrons. The SMILES string of the molecule is Clc1cnc(-c2cscn2)nc1. The van der Waals surface area contributed by atoms with Crippen molar-refractivity contribution in [2.45, 2.75) is 0 Å². The first-order valence-electron chi connectivity index (χ1n) is 3.22. The molecule has 0 spiro atoms. The molecule has 0 saturated heterocycles. The highest BCUT2D eigenvalue weighted by Gasteiger charge is 2.01. The fraction of sp³-hybridized carbons (Fsp3) is 0. The van der Waals surface area contributed by atoms with Crippen molar-refractivity contribution in [1.29, 1.82) is 0 Å². The van der Waals surface area contributed by atoms with Crippen LogP contribution in [0.4, 0.5) is 0 Å². The van der Waals surface area contributed by atoms with Gasteiger partial charge in [-0.3, -0.25) is 0 Å². The Kier molecular flexibility index (Phi) is 2.01. The fourth-order valence-corrected chi connectivity index (χ4v) is 1.40. The maximum atomic E-state index is 5.63. The Morgan fingerprint density at radius 3 is 2.50 bits per heavy atom. The lowest BCUT2D eigenvalue weighted by atomic mass is 10.4. The first kappa shape index (κ1) is 7.64. The summed E-state index contributed by atoms with van der Waals surface area (Å²) in [6.45, 7) is 0. The van der Waals surface area contributed by atoms with Gasteiger partial charge in [-0.25, -0.2) is 15.0 Å². The number of hydrogen-bond donors (Lipinski definition) is 0. The number of rotatable bonds is 1. The maximum Gasteiger partial charge on any atom is 0.179 e. The average molecular weight is 198 g/mol. The summed E-state index contributed by atoms with van der Waals surface area (Å²) in [5.74, 6) is 0.612. The van der Waals surface area contributed by atoms with Crippen LogP contribution in [-0.4, -0.2) is 15.0 Å². The molecular weight excluding hydrogens is 194 g/mol. The number of nitrogens with zero attached hydrogens (tertiary/aromatic N) is 3. The standard InChI is InChI=1S/C7H4ClN3S/c8-5-1-9-7(10-2-5)6-3-12-4-11-6/h1-4H. The van der Waals surface area contributed by atoms with E-state index >= 15 is 0 Å². The van der Waals surface area contributed by atoms with E-state index in [4.69, 9.17) is 11.6 Å². The van der Waals surface area contributed by atoms with Gasteiger partial charge in [-0.15, -0.1) is 11.3 Å². The van der Waals surface area contributed by atoms with E-state index in [9.17, 15) is 0 Å². The number of halogens is 1. The van der Waals surface area contributed by atoms with Gasteiger partial charge < -0.3 is 0 Å². The molecule has 0 bridgehead atoms. The Labute approximate surface area is 78.1 Å². The van der Waals surface area contributed by atoms with Gasteiger partial charge in [0.15, 0.2) is 5.82 Å². The van der Waals surface area contributed by atoms with E-state index in [0.717, 1.165) is 5.69 Å². The van der Waals surface area contributed by atoms with Crippen molar-refractivity contribution in [3.63, 3.8) is 0 Å². The molecule has 3 nitrogen and oxygen atoms in total. The first-order chi connectivity index (χ1) is 5.86. The zero-order valence-electron chi connectivity index (χ0n) is 5.94. The summed E-state index contributed by atoms with van der Waals surface area (Å²) in [5, 5.41) is 2.43. The van der Waals surface area contributed by atoms with Gasteiger partial charge in [-0.2, -0.15) is 0 Å². The largest absolute Gasteiger partial charge is 0.241 e. The van der Waals surface area contributed by atoms with Crippen molar-refractivity contribution in [2.75, 3.05) is 0 Å².